The molecule has 0 fully saturated rings. The highest BCUT2D eigenvalue weighted by Crippen LogP contribution is 2.26. The number of hydrogen-bond acceptors (Lipinski definition) is 4. The molecule has 0 aromatic heterocycles. The van der Waals surface area contributed by atoms with Crippen molar-refractivity contribution in [2.45, 2.75) is 42.5 Å². The molecule has 0 aliphatic carbocycles. The lowest BCUT2D eigenvalue weighted by molar-refractivity contribution is 0.398. The first kappa shape index (κ1) is 20.6. The van der Waals surface area contributed by atoms with Gasteiger partial charge in [0.15, 0.2) is 9.84 Å². The first-order chi connectivity index (χ1) is 12.1. The number of hydrogen-bond donors (Lipinski definition) is 0. The Morgan fingerprint density at radius 1 is 0.885 bits per heavy atom. The molecule has 0 bridgehead atoms. The third kappa shape index (κ3) is 4.52. The zero-order valence-electron chi connectivity index (χ0n) is 15.5. The van der Waals surface area contributed by atoms with Gasteiger partial charge in [0.25, 0.3) is 0 Å². The standard InChI is InChI=1S/C19H25NO4S2/c1-5-6-16-7-11-19(12-8-16)26(23,24)20(3)15(2)17-9-13-18(14-10-17)25(4,21)22/h7-15H,5-6H2,1-4H3. The fourth-order valence-corrected chi connectivity index (χ4v) is 4.68. The van der Waals surface area contributed by atoms with Gasteiger partial charge in [-0.1, -0.05) is 37.6 Å². The normalized spacial score (nSPS) is 13.7. The average Bonchev–Trinajstić information content (AvgIpc) is 2.60. The van der Waals surface area contributed by atoms with E-state index >= 15 is 0 Å². The summed E-state index contributed by atoms with van der Waals surface area (Å²) in [4.78, 5) is 0.463. The second kappa shape index (κ2) is 7.90. The van der Waals surface area contributed by atoms with Crippen molar-refractivity contribution < 1.29 is 16.8 Å². The maximum absolute atomic E-state index is 12.9. The van der Waals surface area contributed by atoms with Crippen molar-refractivity contribution in [1.82, 2.24) is 4.31 Å². The lowest BCUT2D eigenvalue weighted by atomic mass is 10.1. The molecule has 0 aliphatic rings. The van der Waals surface area contributed by atoms with Crippen LogP contribution in [0.2, 0.25) is 0 Å². The van der Waals surface area contributed by atoms with E-state index in [9.17, 15) is 16.8 Å². The highest BCUT2D eigenvalue weighted by Gasteiger charge is 2.26. The molecular formula is C19H25NO4S2. The second-order valence-electron chi connectivity index (χ2n) is 6.43. The van der Waals surface area contributed by atoms with Gasteiger partial charge in [-0.25, -0.2) is 16.8 Å². The summed E-state index contributed by atoms with van der Waals surface area (Å²) >= 11 is 0. The van der Waals surface area contributed by atoms with Crippen LogP contribution in [0.1, 0.15) is 37.4 Å². The summed E-state index contributed by atoms with van der Waals surface area (Å²) in [6.07, 6.45) is 3.07. The zero-order chi connectivity index (χ0) is 19.5. The van der Waals surface area contributed by atoms with Gasteiger partial charge in [-0.05, 0) is 48.7 Å². The van der Waals surface area contributed by atoms with Crippen molar-refractivity contribution in [3.05, 3.63) is 59.7 Å². The van der Waals surface area contributed by atoms with Crippen LogP contribution in [0, 0.1) is 0 Å². The van der Waals surface area contributed by atoms with Gasteiger partial charge in [-0.2, -0.15) is 4.31 Å². The average molecular weight is 396 g/mol. The molecule has 0 amide bonds. The van der Waals surface area contributed by atoms with Crippen molar-refractivity contribution >= 4 is 19.9 Å². The van der Waals surface area contributed by atoms with Crippen LogP contribution in [0.15, 0.2) is 58.3 Å². The highest BCUT2D eigenvalue weighted by atomic mass is 32.2. The number of aryl methyl sites for hydroxylation is 1. The summed E-state index contributed by atoms with van der Waals surface area (Å²) in [5.41, 5.74) is 1.84. The van der Waals surface area contributed by atoms with Crippen molar-refractivity contribution in [3.8, 4) is 0 Å². The van der Waals surface area contributed by atoms with E-state index in [0.29, 0.717) is 0 Å². The molecule has 7 heteroatoms. The molecule has 0 aliphatic heterocycles. The number of nitrogens with zero attached hydrogens (tertiary/aromatic N) is 1. The van der Waals surface area contributed by atoms with Crippen molar-refractivity contribution in [1.29, 1.82) is 0 Å². The molecule has 2 rings (SSSR count). The minimum Gasteiger partial charge on any atom is -0.224 e. The number of sulfone groups is 1. The highest BCUT2D eigenvalue weighted by molar-refractivity contribution is 7.90. The Kier molecular flexibility index (Phi) is 6.26. The van der Waals surface area contributed by atoms with Crippen LogP contribution < -0.4 is 0 Å². The van der Waals surface area contributed by atoms with E-state index in [4.69, 9.17) is 0 Å². The van der Waals surface area contributed by atoms with Crippen LogP contribution in [-0.2, 0) is 26.3 Å². The topological polar surface area (TPSA) is 71.5 Å². The van der Waals surface area contributed by atoms with Crippen LogP contribution >= 0.6 is 0 Å². The predicted molar refractivity (Wildman–Crippen MR) is 103 cm³/mol. The van der Waals surface area contributed by atoms with E-state index in [1.54, 1.807) is 31.2 Å². The number of sulfonamides is 1. The van der Waals surface area contributed by atoms with Crippen molar-refractivity contribution in [2.24, 2.45) is 0 Å². The van der Waals surface area contributed by atoms with Gasteiger partial charge in [-0.3, -0.25) is 0 Å². The summed E-state index contributed by atoms with van der Waals surface area (Å²) in [5, 5.41) is 0. The minimum absolute atomic E-state index is 0.213. The van der Waals surface area contributed by atoms with E-state index in [-0.39, 0.29) is 9.79 Å². The van der Waals surface area contributed by atoms with E-state index in [0.717, 1.165) is 30.2 Å². The zero-order valence-corrected chi connectivity index (χ0v) is 17.1. The molecule has 2 aromatic carbocycles. The van der Waals surface area contributed by atoms with Crippen LogP contribution in [0.4, 0.5) is 0 Å². The van der Waals surface area contributed by atoms with Crippen LogP contribution in [-0.4, -0.2) is 34.4 Å². The number of benzene rings is 2. The summed E-state index contributed by atoms with van der Waals surface area (Å²) in [5.74, 6) is 0. The first-order valence-electron chi connectivity index (χ1n) is 8.44. The van der Waals surface area contributed by atoms with Crippen LogP contribution in [0.3, 0.4) is 0 Å². The maximum atomic E-state index is 12.9. The van der Waals surface area contributed by atoms with Gasteiger partial charge in [0, 0.05) is 19.3 Å². The minimum atomic E-state index is -3.64. The summed E-state index contributed by atoms with van der Waals surface area (Å²) in [6.45, 7) is 3.85. The van der Waals surface area contributed by atoms with E-state index in [2.05, 4.69) is 6.92 Å². The maximum Gasteiger partial charge on any atom is 0.243 e. The molecule has 26 heavy (non-hydrogen) atoms. The van der Waals surface area contributed by atoms with Gasteiger partial charge in [-0.15, -0.1) is 0 Å². The van der Waals surface area contributed by atoms with Crippen LogP contribution in [0.5, 0.6) is 0 Å². The largest absolute Gasteiger partial charge is 0.243 e. The molecule has 0 radical (unpaired) electrons. The van der Waals surface area contributed by atoms with E-state index in [1.807, 2.05) is 12.1 Å². The van der Waals surface area contributed by atoms with E-state index in [1.165, 1.54) is 23.5 Å². The quantitative estimate of drug-likeness (QED) is 0.720. The van der Waals surface area contributed by atoms with Gasteiger partial charge < -0.3 is 0 Å². The molecule has 0 saturated heterocycles. The predicted octanol–water partition coefficient (Wildman–Crippen LogP) is 3.42. The Bertz CT molecular complexity index is 948. The molecule has 0 spiro atoms. The lowest BCUT2D eigenvalue weighted by Crippen LogP contribution is -2.29. The Hall–Kier alpha value is -1.70. The summed E-state index contributed by atoms with van der Waals surface area (Å²) < 4.78 is 50.2. The van der Waals surface area contributed by atoms with Gasteiger partial charge in [0.1, 0.15) is 0 Å². The molecule has 142 valence electrons. The Balaban J connectivity index is 2.26. The number of rotatable bonds is 7. The van der Waals surface area contributed by atoms with Gasteiger partial charge in [0.2, 0.25) is 10.0 Å². The lowest BCUT2D eigenvalue weighted by Gasteiger charge is -2.25. The van der Waals surface area contributed by atoms with Crippen molar-refractivity contribution in [2.75, 3.05) is 13.3 Å². The van der Waals surface area contributed by atoms with Gasteiger partial charge >= 0.3 is 0 Å². The van der Waals surface area contributed by atoms with Gasteiger partial charge in [0.05, 0.1) is 9.79 Å². The molecule has 0 N–H and O–H groups in total. The van der Waals surface area contributed by atoms with Crippen molar-refractivity contribution in [3.63, 3.8) is 0 Å². The summed E-state index contributed by atoms with van der Waals surface area (Å²) in [6, 6.07) is 12.8. The molecule has 0 heterocycles. The summed E-state index contributed by atoms with van der Waals surface area (Å²) in [7, 11) is -5.39. The third-order valence-electron chi connectivity index (χ3n) is 4.48. The fraction of sp³-hybridized carbons (Fsp3) is 0.368. The molecule has 5 nitrogen and oxygen atoms in total. The van der Waals surface area contributed by atoms with Crippen LogP contribution in [0.25, 0.3) is 0 Å². The molecular weight excluding hydrogens is 370 g/mol. The smallest absolute Gasteiger partial charge is 0.224 e. The monoisotopic (exact) mass is 395 g/mol. The third-order valence-corrected chi connectivity index (χ3v) is 7.55. The molecule has 0 saturated carbocycles. The molecule has 2 aromatic rings. The SMILES string of the molecule is CCCc1ccc(S(=O)(=O)N(C)C(C)c2ccc(S(C)(=O)=O)cc2)cc1. The molecule has 1 atom stereocenters. The first-order valence-corrected chi connectivity index (χ1v) is 11.8. The Morgan fingerprint density at radius 2 is 1.38 bits per heavy atom. The Labute approximate surface area is 156 Å². The van der Waals surface area contributed by atoms with E-state index < -0.39 is 25.9 Å². The molecule has 1 unspecified atom stereocenters. The Morgan fingerprint density at radius 3 is 1.85 bits per heavy atom. The second-order valence-corrected chi connectivity index (χ2v) is 10.4. The fourth-order valence-electron chi connectivity index (χ4n) is 2.69.